The third kappa shape index (κ3) is 2.46. The maximum Gasteiger partial charge on any atom is 0.178 e. The van der Waals surface area contributed by atoms with Crippen LogP contribution in [-0.2, 0) is 0 Å². The third-order valence-electron chi connectivity index (χ3n) is 2.69. The molecule has 3 aromatic rings. The molecule has 108 valence electrons. The number of anilines is 3. The van der Waals surface area contributed by atoms with Gasteiger partial charge in [0, 0.05) is 6.07 Å². The summed E-state index contributed by atoms with van der Waals surface area (Å²) in [5, 5.41) is 3.00. The first kappa shape index (κ1) is 13.9. The molecule has 21 heavy (non-hydrogen) atoms. The number of nitrogen functional groups attached to an aromatic ring is 1. The highest BCUT2D eigenvalue weighted by Crippen LogP contribution is 2.33. The first-order valence-electron chi connectivity index (χ1n) is 5.60. The number of nitrogens with two attached hydrogens (primary N) is 1. The molecule has 0 saturated heterocycles. The van der Waals surface area contributed by atoms with Gasteiger partial charge in [-0.2, -0.15) is 8.75 Å². The molecule has 0 spiro atoms. The van der Waals surface area contributed by atoms with Gasteiger partial charge >= 0.3 is 0 Å². The quantitative estimate of drug-likeness (QED) is 0.506. The Balaban J connectivity index is 2.10. The minimum atomic E-state index is -0.903. The van der Waals surface area contributed by atoms with Crippen LogP contribution in [0.3, 0.4) is 0 Å². The van der Waals surface area contributed by atoms with Crippen molar-refractivity contribution in [1.82, 2.24) is 13.7 Å². The molecule has 3 rings (SSSR count). The molecular formula is C11H7ClF2N6S. The fourth-order valence-corrected chi connectivity index (χ4v) is 2.46. The van der Waals surface area contributed by atoms with Gasteiger partial charge in [0.2, 0.25) is 0 Å². The lowest BCUT2D eigenvalue weighted by molar-refractivity contribution is 0.579. The number of hydrogen-bond donors (Lipinski definition) is 3. The molecular weight excluding hydrogens is 322 g/mol. The van der Waals surface area contributed by atoms with E-state index in [2.05, 4.69) is 19.0 Å². The molecule has 4 N–H and O–H groups in total. The lowest BCUT2D eigenvalue weighted by atomic mass is 10.2. The van der Waals surface area contributed by atoms with Crippen LogP contribution in [0.2, 0.25) is 5.02 Å². The van der Waals surface area contributed by atoms with Gasteiger partial charge in [-0.1, -0.05) is 11.6 Å². The SMILES string of the molecule is NNc1nc(Nc2c(Cl)ccc3nsnc23)c(F)cc1F. The largest absolute Gasteiger partial charge is 0.335 e. The fourth-order valence-electron chi connectivity index (χ4n) is 1.72. The van der Waals surface area contributed by atoms with Crippen molar-refractivity contribution in [2.75, 3.05) is 10.7 Å². The molecule has 0 saturated carbocycles. The molecule has 6 nitrogen and oxygen atoms in total. The number of nitrogens with one attached hydrogen (secondary N) is 2. The zero-order valence-corrected chi connectivity index (χ0v) is 11.8. The maximum absolute atomic E-state index is 13.8. The lowest BCUT2D eigenvalue weighted by Gasteiger charge is -2.10. The van der Waals surface area contributed by atoms with E-state index in [-0.39, 0.29) is 11.6 Å². The summed E-state index contributed by atoms with van der Waals surface area (Å²) in [7, 11) is 0. The molecule has 1 aromatic carbocycles. The fraction of sp³-hybridized carbons (Fsp3) is 0. The van der Waals surface area contributed by atoms with Gasteiger partial charge in [0.05, 0.1) is 22.4 Å². The minimum absolute atomic E-state index is 0.230. The summed E-state index contributed by atoms with van der Waals surface area (Å²) in [6.07, 6.45) is 0. The van der Waals surface area contributed by atoms with Crippen LogP contribution in [-0.4, -0.2) is 13.7 Å². The lowest BCUT2D eigenvalue weighted by Crippen LogP contribution is -2.12. The number of hydrazine groups is 1. The zero-order valence-electron chi connectivity index (χ0n) is 10.2. The first-order chi connectivity index (χ1) is 10.1. The number of fused-ring (bicyclic) bond motifs is 1. The molecule has 0 aliphatic rings. The number of hydrogen-bond acceptors (Lipinski definition) is 7. The Hall–Kier alpha value is -2.10. The Bertz CT molecular complexity index is 824. The summed E-state index contributed by atoms with van der Waals surface area (Å²) in [5.41, 5.74) is 3.46. The number of benzene rings is 1. The number of nitrogens with zero attached hydrogens (tertiary/aromatic N) is 3. The molecule has 0 atom stereocenters. The summed E-state index contributed by atoms with van der Waals surface area (Å²) >= 11 is 7.07. The van der Waals surface area contributed by atoms with E-state index >= 15 is 0 Å². The van der Waals surface area contributed by atoms with Crippen molar-refractivity contribution in [1.29, 1.82) is 0 Å². The number of aromatic nitrogens is 3. The Morgan fingerprint density at radius 2 is 1.90 bits per heavy atom. The summed E-state index contributed by atoms with van der Waals surface area (Å²) in [5.74, 6) is 2.81. The van der Waals surface area contributed by atoms with Crippen LogP contribution in [0.4, 0.5) is 26.1 Å². The number of halogens is 3. The van der Waals surface area contributed by atoms with E-state index in [0.717, 1.165) is 11.7 Å². The van der Waals surface area contributed by atoms with E-state index in [1.807, 2.05) is 5.43 Å². The average Bonchev–Trinajstić information content (AvgIpc) is 2.93. The van der Waals surface area contributed by atoms with Gasteiger partial charge < -0.3 is 10.7 Å². The van der Waals surface area contributed by atoms with E-state index in [1.54, 1.807) is 12.1 Å². The van der Waals surface area contributed by atoms with Gasteiger partial charge in [0.15, 0.2) is 23.3 Å². The topological polar surface area (TPSA) is 88.8 Å². The summed E-state index contributed by atoms with van der Waals surface area (Å²) in [6.45, 7) is 0. The molecule has 0 aliphatic carbocycles. The van der Waals surface area contributed by atoms with Crippen molar-refractivity contribution in [3.63, 3.8) is 0 Å². The summed E-state index contributed by atoms with van der Waals surface area (Å²) in [6, 6.07) is 3.95. The highest BCUT2D eigenvalue weighted by Gasteiger charge is 2.15. The van der Waals surface area contributed by atoms with Crippen LogP contribution < -0.4 is 16.6 Å². The minimum Gasteiger partial charge on any atom is -0.335 e. The smallest absolute Gasteiger partial charge is 0.178 e. The molecule has 0 fully saturated rings. The maximum atomic E-state index is 13.8. The Morgan fingerprint density at radius 1 is 1.14 bits per heavy atom. The highest BCUT2D eigenvalue weighted by molar-refractivity contribution is 7.00. The van der Waals surface area contributed by atoms with E-state index in [4.69, 9.17) is 17.4 Å². The highest BCUT2D eigenvalue weighted by atomic mass is 35.5. The van der Waals surface area contributed by atoms with Gasteiger partial charge in [-0.05, 0) is 12.1 Å². The van der Waals surface area contributed by atoms with Crippen molar-refractivity contribution < 1.29 is 8.78 Å². The molecule has 0 aliphatic heterocycles. The van der Waals surface area contributed by atoms with Crippen LogP contribution in [0.25, 0.3) is 11.0 Å². The third-order valence-corrected chi connectivity index (χ3v) is 3.54. The second kappa shape index (κ2) is 5.35. The molecule has 0 amide bonds. The average molecular weight is 329 g/mol. The van der Waals surface area contributed by atoms with Gasteiger partial charge in [-0.25, -0.2) is 19.6 Å². The molecule has 0 unspecified atom stereocenters. The number of rotatable bonds is 3. The first-order valence-corrected chi connectivity index (χ1v) is 6.71. The Labute approximate surface area is 126 Å². The second-order valence-electron chi connectivity index (χ2n) is 3.97. The van der Waals surface area contributed by atoms with Crippen molar-refractivity contribution in [3.05, 3.63) is 34.9 Å². The van der Waals surface area contributed by atoms with Crippen molar-refractivity contribution in [3.8, 4) is 0 Å². The van der Waals surface area contributed by atoms with Crippen molar-refractivity contribution >= 4 is 51.7 Å². The monoisotopic (exact) mass is 328 g/mol. The predicted octanol–water partition coefficient (Wildman–Crippen LogP) is 3.05. The van der Waals surface area contributed by atoms with Crippen LogP contribution in [0.5, 0.6) is 0 Å². The second-order valence-corrected chi connectivity index (χ2v) is 4.91. The van der Waals surface area contributed by atoms with Gasteiger partial charge in [0.1, 0.15) is 11.0 Å². The van der Waals surface area contributed by atoms with Crippen LogP contribution in [0, 0.1) is 11.6 Å². The van der Waals surface area contributed by atoms with Crippen LogP contribution in [0.1, 0.15) is 0 Å². The summed E-state index contributed by atoms with van der Waals surface area (Å²) < 4.78 is 35.3. The van der Waals surface area contributed by atoms with Gasteiger partial charge in [-0.3, -0.25) is 0 Å². The Kier molecular flexibility index (Phi) is 3.53. The molecule has 10 heteroatoms. The van der Waals surface area contributed by atoms with Crippen molar-refractivity contribution in [2.24, 2.45) is 5.84 Å². The molecule has 2 heterocycles. The summed E-state index contributed by atoms with van der Waals surface area (Å²) in [4.78, 5) is 3.72. The molecule has 2 aromatic heterocycles. The van der Waals surface area contributed by atoms with Crippen molar-refractivity contribution in [2.45, 2.75) is 0 Å². The van der Waals surface area contributed by atoms with E-state index in [0.29, 0.717) is 27.8 Å². The predicted molar refractivity (Wildman–Crippen MR) is 77.7 cm³/mol. The van der Waals surface area contributed by atoms with E-state index in [9.17, 15) is 8.78 Å². The van der Waals surface area contributed by atoms with Crippen LogP contribution in [0.15, 0.2) is 18.2 Å². The van der Waals surface area contributed by atoms with E-state index in [1.165, 1.54) is 0 Å². The normalized spacial score (nSPS) is 10.9. The number of pyridine rings is 1. The molecule has 0 radical (unpaired) electrons. The van der Waals surface area contributed by atoms with Gasteiger partial charge in [0.25, 0.3) is 0 Å². The Morgan fingerprint density at radius 3 is 2.67 bits per heavy atom. The van der Waals surface area contributed by atoms with Gasteiger partial charge in [-0.15, -0.1) is 0 Å². The zero-order chi connectivity index (χ0) is 15.0. The van der Waals surface area contributed by atoms with E-state index < -0.39 is 11.6 Å². The molecule has 0 bridgehead atoms. The van der Waals surface area contributed by atoms with Crippen LogP contribution >= 0.6 is 23.3 Å². The standard InChI is InChI=1S/C11H7ClF2N6S/c12-4-1-2-7-9(20-21-19-7)8(4)16-10-5(13)3-6(14)11(17-10)18-15/h1-3H,15H2,(H2,16,17,18).